The average molecular weight is 248 g/mol. The molecule has 1 aromatic heterocycles. The van der Waals surface area contributed by atoms with Crippen LogP contribution in [0.1, 0.15) is 62.7 Å². The van der Waals surface area contributed by atoms with E-state index in [4.69, 9.17) is 9.72 Å². The zero-order chi connectivity index (χ0) is 12.5. The van der Waals surface area contributed by atoms with Crippen LogP contribution in [-0.2, 0) is 17.6 Å². The lowest BCUT2D eigenvalue weighted by atomic mass is 9.88. The number of aromatic nitrogens is 2. The van der Waals surface area contributed by atoms with Crippen molar-refractivity contribution in [3.05, 3.63) is 17.2 Å². The zero-order valence-electron chi connectivity index (χ0n) is 11.5. The third kappa shape index (κ3) is 2.09. The Hall–Kier alpha value is -0.830. The van der Waals surface area contributed by atoms with Gasteiger partial charge in [0.2, 0.25) is 0 Å². The highest BCUT2D eigenvalue weighted by Crippen LogP contribution is 2.34. The van der Waals surface area contributed by atoms with Crippen LogP contribution in [0, 0.1) is 5.92 Å². The first kappa shape index (κ1) is 12.2. The molecule has 2 heterocycles. The van der Waals surface area contributed by atoms with Gasteiger partial charge in [-0.05, 0) is 38.0 Å². The summed E-state index contributed by atoms with van der Waals surface area (Å²) in [6, 6.07) is 0. The van der Waals surface area contributed by atoms with Crippen LogP contribution in [0.4, 0.5) is 0 Å². The summed E-state index contributed by atoms with van der Waals surface area (Å²) in [5, 5.41) is 0. The topological polar surface area (TPSA) is 37.9 Å². The Morgan fingerprint density at radius 2 is 2.17 bits per heavy atom. The number of H-pyrrole nitrogens is 1. The summed E-state index contributed by atoms with van der Waals surface area (Å²) in [5.74, 6) is 2.55. The minimum Gasteiger partial charge on any atom is -0.377 e. The van der Waals surface area contributed by atoms with Gasteiger partial charge in [-0.15, -0.1) is 0 Å². The first-order valence-electron chi connectivity index (χ1n) is 7.51. The summed E-state index contributed by atoms with van der Waals surface area (Å²) in [6.07, 6.45) is 7.55. The molecule has 1 saturated heterocycles. The Balaban J connectivity index is 1.81. The van der Waals surface area contributed by atoms with Crippen LogP contribution < -0.4 is 0 Å². The van der Waals surface area contributed by atoms with E-state index in [1.165, 1.54) is 36.5 Å². The van der Waals surface area contributed by atoms with E-state index in [1.807, 2.05) is 0 Å². The van der Waals surface area contributed by atoms with Crippen molar-refractivity contribution in [2.45, 2.75) is 64.4 Å². The van der Waals surface area contributed by atoms with Gasteiger partial charge < -0.3 is 9.72 Å². The van der Waals surface area contributed by atoms with Gasteiger partial charge in [-0.1, -0.05) is 20.3 Å². The molecule has 1 aliphatic carbocycles. The number of fused-ring (bicyclic) bond motifs is 1. The van der Waals surface area contributed by atoms with E-state index in [9.17, 15) is 0 Å². The molecule has 1 N–H and O–H groups in total. The maximum absolute atomic E-state index is 5.78. The lowest BCUT2D eigenvalue weighted by Gasteiger charge is -2.19. The van der Waals surface area contributed by atoms with E-state index in [0.717, 1.165) is 31.8 Å². The highest BCUT2D eigenvalue weighted by atomic mass is 16.5. The van der Waals surface area contributed by atoms with Crippen LogP contribution in [0.5, 0.6) is 0 Å². The fraction of sp³-hybridized carbons (Fsp3) is 0.800. The minimum atomic E-state index is 0.375. The maximum atomic E-state index is 5.78. The van der Waals surface area contributed by atoms with E-state index in [1.54, 1.807) is 0 Å². The molecule has 1 aliphatic heterocycles. The van der Waals surface area contributed by atoms with Gasteiger partial charge in [0, 0.05) is 18.2 Å². The monoisotopic (exact) mass is 248 g/mol. The van der Waals surface area contributed by atoms with Crippen LogP contribution in [-0.4, -0.2) is 22.7 Å². The summed E-state index contributed by atoms with van der Waals surface area (Å²) in [7, 11) is 0. The van der Waals surface area contributed by atoms with Gasteiger partial charge >= 0.3 is 0 Å². The Labute approximate surface area is 109 Å². The smallest absolute Gasteiger partial charge is 0.112 e. The summed E-state index contributed by atoms with van der Waals surface area (Å²) in [4.78, 5) is 8.48. The standard InChI is InChI=1S/C15H24N2O/c1-3-10-5-6-12-13(9-10)17-15(16-12)11-7-8-18-14(11)4-2/h10-11,14H,3-9H2,1-2H3,(H,16,17). The molecular weight excluding hydrogens is 224 g/mol. The fourth-order valence-corrected chi connectivity index (χ4v) is 3.46. The lowest BCUT2D eigenvalue weighted by molar-refractivity contribution is 0.0995. The van der Waals surface area contributed by atoms with Gasteiger partial charge in [0.15, 0.2) is 0 Å². The number of aryl methyl sites for hydroxylation is 1. The fourth-order valence-electron chi connectivity index (χ4n) is 3.46. The summed E-state index contributed by atoms with van der Waals surface area (Å²) in [6.45, 7) is 5.40. The number of hydrogen-bond acceptors (Lipinski definition) is 2. The Morgan fingerprint density at radius 3 is 2.94 bits per heavy atom. The third-order valence-corrected chi connectivity index (χ3v) is 4.71. The number of hydrogen-bond donors (Lipinski definition) is 1. The number of ether oxygens (including phenoxy) is 1. The first-order valence-corrected chi connectivity index (χ1v) is 7.51. The molecule has 2 aliphatic rings. The van der Waals surface area contributed by atoms with Crippen molar-refractivity contribution in [2.24, 2.45) is 5.92 Å². The van der Waals surface area contributed by atoms with Gasteiger partial charge in [-0.2, -0.15) is 0 Å². The molecule has 0 aromatic carbocycles. The molecule has 100 valence electrons. The van der Waals surface area contributed by atoms with Crippen molar-refractivity contribution in [3.63, 3.8) is 0 Å². The average Bonchev–Trinajstić information content (AvgIpc) is 3.03. The normalized spacial score (nSPS) is 31.6. The van der Waals surface area contributed by atoms with Crippen molar-refractivity contribution in [1.29, 1.82) is 0 Å². The molecule has 0 amide bonds. The minimum absolute atomic E-state index is 0.375. The highest BCUT2D eigenvalue weighted by molar-refractivity contribution is 5.21. The number of nitrogens with zero attached hydrogens (tertiary/aromatic N) is 1. The number of rotatable bonds is 3. The Kier molecular flexibility index (Phi) is 3.42. The number of aromatic amines is 1. The summed E-state index contributed by atoms with van der Waals surface area (Å²) >= 11 is 0. The molecular formula is C15H24N2O. The predicted molar refractivity (Wildman–Crippen MR) is 71.8 cm³/mol. The quantitative estimate of drug-likeness (QED) is 0.892. The second-order valence-electron chi connectivity index (χ2n) is 5.78. The highest BCUT2D eigenvalue weighted by Gasteiger charge is 2.32. The van der Waals surface area contributed by atoms with Crippen molar-refractivity contribution in [2.75, 3.05) is 6.61 Å². The molecule has 3 nitrogen and oxygen atoms in total. The molecule has 0 spiro atoms. The third-order valence-electron chi connectivity index (χ3n) is 4.71. The molecule has 3 rings (SSSR count). The van der Waals surface area contributed by atoms with Crippen LogP contribution in [0.15, 0.2) is 0 Å². The first-order chi connectivity index (χ1) is 8.81. The van der Waals surface area contributed by atoms with E-state index in [2.05, 4.69) is 18.8 Å². The Morgan fingerprint density at radius 1 is 1.28 bits per heavy atom. The van der Waals surface area contributed by atoms with Gasteiger partial charge in [-0.3, -0.25) is 0 Å². The van der Waals surface area contributed by atoms with E-state index >= 15 is 0 Å². The summed E-state index contributed by atoms with van der Waals surface area (Å²) in [5.41, 5.74) is 2.74. The molecule has 3 heteroatoms. The van der Waals surface area contributed by atoms with Gasteiger partial charge in [0.05, 0.1) is 11.8 Å². The molecule has 0 bridgehead atoms. The van der Waals surface area contributed by atoms with Crippen molar-refractivity contribution in [1.82, 2.24) is 9.97 Å². The molecule has 0 radical (unpaired) electrons. The lowest BCUT2D eigenvalue weighted by Crippen LogP contribution is -2.14. The van der Waals surface area contributed by atoms with Crippen LogP contribution in [0.25, 0.3) is 0 Å². The van der Waals surface area contributed by atoms with E-state index < -0.39 is 0 Å². The second-order valence-corrected chi connectivity index (χ2v) is 5.78. The molecule has 3 unspecified atom stereocenters. The Bertz CT molecular complexity index is 413. The van der Waals surface area contributed by atoms with Crippen molar-refractivity contribution < 1.29 is 4.74 Å². The number of nitrogens with one attached hydrogen (secondary N) is 1. The summed E-state index contributed by atoms with van der Waals surface area (Å²) < 4.78 is 5.78. The molecule has 1 fully saturated rings. The maximum Gasteiger partial charge on any atom is 0.112 e. The predicted octanol–water partition coefficient (Wildman–Crippen LogP) is 3.21. The largest absolute Gasteiger partial charge is 0.377 e. The van der Waals surface area contributed by atoms with Gasteiger partial charge in [0.1, 0.15) is 5.82 Å². The molecule has 3 atom stereocenters. The van der Waals surface area contributed by atoms with Crippen LogP contribution >= 0.6 is 0 Å². The van der Waals surface area contributed by atoms with Crippen molar-refractivity contribution in [3.8, 4) is 0 Å². The van der Waals surface area contributed by atoms with Crippen LogP contribution in [0.2, 0.25) is 0 Å². The number of imidazole rings is 1. The van der Waals surface area contributed by atoms with E-state index in [0.29, 0.717) is 12.0 Å². The second kappa shape index (κ2) is 5.04. The van der Waals surface area contributed by atoms with E-state index in [-0.39, 0.29) is 0 Å². The molecule has 0 saturated carbocycles. The molecule has 18 heavy (non-hydrogen) atoms. The van der Waals surface area contributed by atoms with Crippen LogP contribution in [0.3, 0.4) is 0 Å². The zero-order valence-corrected chi connectivity index (χ0v) is 11.5. The van der Waals surface area contributed by atoms with Gasteiger partial charge in [-0.25, -0.2) is 4.98 Å². The van der Waals surface area contributed by atoms with Gasteiger partial charge in [0.25, 0.3) is 0 Å². The molecule has 1 aromatic rings. The van der Waals surface area contributed by atoms with Crippen molar-refractivity contribution >= 4 is 0 Å². The SMILES string of the molecule is CCC1CCc2nc(C3CCOC3CC)[nH]c2C1.